The second kappa shape index (κ2) is 10.3. The van der Waals surface area contributed by atoms with E-state index in [4.69, 9.17) is 10.2 Å². The van der Waals surface area contributed by atoms with Gasteiger partial charge in [-0.15, -0.1) is 11.3 Å². The zero-order valence-electron chi connectivity index (χ0n) is 22.3. The van der Waals surface area contributed by atoms with E-state index < -0.39 is 5.97 Å². The summed E-state index contributed by atoms with van der Waals surface area (Å²) in [4.78, 5) is 28.9. The van der Waals surface area contributed by atoms with Crippen molar-refractivity contribution in [2.45, 2.75) is 59.4 Å². The van der Waals surface area contributed by atoms with Gasteiger partial charge in [-0.1, -0.05) is 31.2 Å². The molecule has 1 aliphatic rings. The molecule has 6 nitrogen and oxygen atoms in total. The van der Waals surface area contributed by atoms with Crippen LogP contribution in [0.1, 0.15) is 61.7 Å². The molecule has 2 heterocycles. The van der Waals surface area contributed by atoms with Crippen molar-refractivity contribution in [3.63, 3.8) is 0 Å². The predicted octanol–water partition coefficient (Wildman–Crippen LogP) is 7.98. The Kier molecular flexibility index (Phi) is 7.05. The second-order valence-electron chi connectivity index (χ2n) is 10.8. The number of nitrogens with zero attached hydrogens (tertiary/aromatic N) is 1. The van der Waals surface area contributed by atoms with Gasteiger partial charge in [0.05, 0.1) is 5.69 Å². The van der Waals surface area contributed by atoms with Gasteiger partial charge < -0.3 is 20.2 Å². The molecule has 1 amide bonds. The number of anilines is 2. The molecule has 5 rings (SSSR count). The molecule has 198 valence electrons. The van der Waals surface area contributed by atoms with Crippen LogP contribution in [0.3, 0.4) is 0 Å². The number of furan rings is 1. The molecule has 2 aromatic carbocycles. The summed E-state index contributed by atoms with van der Waals surface area (Å²) >= 11 is 1.23. The molecule has 38 heavy (non-hydrogen) atoms. The number of carbonyl (C=O) groups excluding carboxylic acids is 1. The minimum absolute atomic E-state index is 0.0442. The Morgan fingerprint density at radius 2 is 1.68 bits per heavy atom. The smallest absolute Gasteiger partial charge is 0.348 e. The van der Waals surface area contributed by atoms with Crippen LogP contribution in [-0.2, 0) is 4.79 Å². The number of nitrogen functional groups attached to an aromatic ring is 1. The lowest BCUT2D eigenvalue weighted by Gasteiger charge is -2.34. The third kappa shape index (κ3) is 4.83. The van der Waals surface area contributed by atoms with Crippen molar-refractivity contribution in [3.8, 4) is 21.8 Å². The molecule has 1 fully saturated rings. The Morgan fingerprint density at radius 1 is 1.03 bits per heavy atom. The maximum atomic E-state index is 13.7. The van der Waals surface area contributed by atoms with Crippen molar-refractivity contribution in [1.29, 1.82) is 0 Å². The summed E-state index contributed by atoms with van der Waals surface area (Å²) in [7, 11) is 0. The van der Waals surface area contributed by atoms with E-state index in [0.29, 0.717) is 17.3 Å². The van der Waals surface area contributed by atoms with Gasteiger partial charge in [0.15, 0.2) is 0 Å². The summed E-state index contributed by atoms with van der Waals surface area (Å²) in [6.45, 7) is 8.08. The van der Waals surface area contributed by atoms with E-state index in [-0.39, 0.29) is 22.7 Å². The van der Waals surface area contributed by atoms with Crippen LogP contribution in [-0.4, -0.2) is 23.0 Å². The Balaban J connectivity index is 1.50. The van der Waals surface area contributed by atoms with E-state index in [9.17, 15) is 14.7 Å². The van der Waals surface area contributed by atoms with Gasteiger partial charge in [0.1, 0.15) is 16.2 Å². The number of fused-ring (bicyclic) bond motifs is 1. The summed E-state index contributed by atoms with van der Waals surface area (Å²) < 4.78 is 6.01. The van der Waals surface area contributed by atoms with Crippen molar-refractivity contribution in [2.75, 3.05) is 10.6 Å². The van der Waals surface area contributed by atoms with Crippen LogP contribution in [0.25, 0.3) is 32.7 Å². The average Bonchev–Trinajstić information content (AvgIpc) is 3.45. The van der Waals surface area contributed by atoms with E-state index in [1.807, 2.05) is 69.3 Å². The number of hydrogen-bond acceptors (Lipinski definition) is 5. The first-order valence-corrected chi connectivity index (χ1v) is 14.0. The largest absolute Gasteiger partial charge is 0.477 e. The first kappa shape index (κ1) is 26.0. The van der Waals surface area contributed by atoms with Gasteiger partial charge in [0, 0.05) is 39.5 Å². The summed E-state index contributed by atoms with van der Waals surface area (Å²) in [5.74, 6) is 0.356. The average molecular weight is 531 g/mol. The van der Waals surface area contributed by atoms with Crippen LogP contribution in [0.5, 0.6) is 0 Å². The molecule has 0 unspecified atom stereocenters. The number of carbonyl (C=O) groups is 2. The zero-order chi connectivity index (χ0) is 27.1. The fourth-order valence-corrected chi connectivity index (χ4v) is 6.66. The molecule has 7 heteroatoms. The van der Waals surface area contributed by atoms with Gasteiger partial charge in [-0.3, -0.25) is 4.79 Å². The van der Waals surface area contributed by atoms with Gasteiger partial charge >= 0.3 is 5.97 Å². The summed E-state index contributed by atoms with van der Waals surface area (Å²) in [5, 5.41) is 11.1. The maximum Gasteiger partial charge on any atom is 0.348 e. The first-order chi connectivity index (χ1) is 18.1. The van der Waals surface area contributed by atoms with Gasteiger partial charge in [-0.2, -0.15) is 0 Å². The van der Waals surface area contributed by atoms with E-state index in [1.165, 1.54) is 11.3 Å². The lowest BCUT2D eigenvalue weighted by Crippen LogP contribution is -2.43. The fourth-order valence-electron chi connectivity index (χ4n) is 5.52. The minimum atomic E-state index is -1.01. The highest BCUT2D eigenvalue weighted by Crippen LogP contribution is 2.44. The number of amides is 1. The Labute approximate surface area is 227 Å². The highest BCUT2D eigenvalue weighted by molar-refractivity contribution is 7.18. The van der Waals surface area contributed by atoms with Gasteiger partial charge in [0.2, 0.25) is 5.91 Å². The highest BCUT2D eigenvalue weighted by Gasteiger charge is 2.35. The fraction of sp³-hybridized carbons (Fsp3) is 0.355. The summed E-state index contributed by atoms with van der Waals surface area (Å²) in [6, 6.07) is 15.4. The second-order valence-corrected chi connectivity index (χ2v) is 11.8. The zero-order valence-corrected chi connectivity index (χ0v) is 23.1. The highest BCUT2D eigenvalue weighted by atomic mass is 32.1. The summed E-state index contributed by atoms with van der Waals surface area (Å²) in [6.07, 6.45) is 3.79. The van der Waals surface area contributed by atoms with Crippen molar-refractivity contribution in [3.05, 3.63) is 59.0 Å². The van der Waals surface area contributed by atoms with Crippen LogP contribution < -0.4 is 10.6 Å². The van der Waals surface area contributed by atoms with Gasteiger partial charge in [-0.25, -0.2) is 4.79 Å². The minimum Gasteiger partial charge on any atom is -0.477 e. The molecule has 3 N–H and O–H groups in total. The topological polar surface area (TPSA) is 96.8 Å². The molecule has 1 saturated carbocycles. The number of thiophene rings is 1. The third-order valence-corrected chi connectivity index (χ3v) is 8.96. The van der Waals surface area contributed by atoms with Gasteiger partial charge in [0.25, 0.3) is 0 Å². The van der Waals surface area contributed by atoms with Crippen LogP contribution in [0.4, 0.5) is 11.4 Å². The van der Waals surface area contributed by atoms with E-state index in [0.717, 1.165) is 64.0 Å². The monoisotopic (exact) mass is 530 g/mol. The van der Waals surface area contributed by atoms with E-state index in [1.54, 1.807) is 4.90 Å². The number of rotatable bonds is 6. The van der Waals surface area contributed by atoms with Crippen molar-refractivity contribution in [1.82, 2.24) is 0 Å². The lowest BCUT2D eigenvalue weighted by atomic mass is 9.82. The predicted molar refractivity (Wildman–Crippen MR) is 155 cm³/mol. The first-order valence-electron chi connectivity index (χ1n) is 13.2. The number of hydrogen-bond donors (Lipinski definition) is 2. The molecular weight excluding hydrogens is 496 g/mol. The van der Waals surface area contributed by atoms with Crippen LogP contribution in [0.2, 0.25) is 0 Å². The molecule has 1 aliphatic carbocycles. The van der Waals surface area contributed by atoms with Crippen LogP contribution in [0, 0.1) is 18.8 Å². The number of nitrogens with two attached hydrogens (primary N) is 1. The lowest BCUT2D eigenvalue weighted by molar-refractivity contribution is -0.123. The molecule has 0 aliphatic heterocycles. The molecule has 4 aromatic rings. The number of carboxylic acids is 1. The normalized spacial score (nSPS) is 17.7. The maximum absolute atomic E-state index is 13.7. The van der Waals surface area contributed by atoms with Crippen molar-refractivity contribution >= 4 is 45.6 Å². The standard InChI is InChI=1S/C31H34N2O4S/c1-17(2)33(30(34)22-7-5-18(3)6-8-22)27-19(4)28(38-29(27)31(35)36)21-11-9-20(10-12-21)25-15-23-13-14-24(32)16-26(23)37-25/h9-18,22H,5-8,32H2,1-4H3,(H,35,36). The molecular formula is C31H34N2O4S. The molecule has 0 spiro atoms. The summed E-state index contributed by atoms with van der Waals surface area (Å²) in [5.41, 5.74) is 10.5. The van der Waals surface area contributed by atoms with E-state index >= 15 is 0 Å². The third-order valence-electron chi connectivity index (χ3n) is 7.64. The molecule has 0 atom stereocenters. The number of aromatic carboxylic acids is 1. The Morgan fingerprint density at radius 3 is 2.32 bits per heavy atom. The van der Waals surface area contributed by atoms with Crippen LogP contribution in [0.15, 0.2) is 52.9 Å². The molecule has 0 bridgehead atoms. The molecule has 0 saturated heterocycles. The number of carboxylic acid groups (broad SMARTS) is 1. The van der Waals surface area contributed by atoms with Crippen molar-refractivity contribution in [2.24, 2.45) is 11.8 Å². The molecule has 0 radical (unpaired) electrons. The Bertz CT molecular complexity index is 1490. The van der Waals surface area contributed by atoms with Crippen molar-refractivity contribution < 1.29 is 19.1 Å². The Hall–Kier alpha value is -3.58. The van der Waals surface area contributed by atoms with Crippen LogP contribution >= 0.6 is 11.3 Å². The number of benzene rings is 2. The molecule has 2 aromatic heterocycles. The van der Waals surface area contributed by atoms with E-state index in [2.05, 4.69) is 6.92 Å². The SMILES string of the molecule is Cc1c(-c2ccc(-c3cc4ccc(N)cc4o3)cc2)sc(C(=O)O)c1N(C(=O)C1CCC(C)CC1)C(C)C. The van der Waals surface area contributed by atoms with Gasteiger partial charge in [-0.05, 0) is 81.7 Å². The quantitative estimate of drug-likeness (QED) is 0.246.